The van der Waals surface area contributed by atoms with Crippen LogP contribution in [0.4, 0.5) is 0 Å². The number of halogens is 1. The lowest BCUT2D eigenvalue weighted by molar-refractivity contribution is 0.629. The number of thioether (sulfide) groups is 1. The van der Waals surface area contributed by atoms with E-state index in [0.717, 1.165) is 33.9 Å². The van der Waals surface area contributed by atoms with E-state index in [-0.39, 0.29) is 5.56 Å². The first kappa shape index (κ1) is 17.7. The van der Waals surface area contributed by atoms with Crippen LogP contribution in [0.25, 0.3) is 11.0 Å². The van der Waals surface area contributed by atoms with Crippen LogP contribution in [-0.4, -0.2) is 14.5 Å². The fourth-order valence-corrected chi connectivity index (χ4v) is 4.64. The van der Waals surface area contributed by atoms with Gasteiger partial charge in [-0.3, -0.25) is 9.36 Å². The molecular weight excluding hydrogens is 410 g/mol. The predicted octanol–water partition coefficient (Wildman–Crippen LogP) is 4.75. The summed E-state index contributed by atoms with van der Waals surface area (Å²) >= 11 is 5.05. The summed E-state index contributed by atoms with van der Waals surface area (Å²) in [5, 5.41) is 1.40. The Labute approximate surface area is 165 Å². The van der Waals surface area contributed by atoms with Crippen LogP contribution in [0.3, 0.4) is 0 Å². The van der Waals surface area contributed by atoms with Crippen molar-refractivity contribution in [2.24, 2.45) is 0 Å². The van der Waals surface area contributed by atoms with E-state index in [9.17, 15) is 4.79 Å². The highest BCUT2D eigenvalue weighted by Gasteiger charge is 2.17. The van der Waals surface area contributed by atoms with Gasteiger partial charge in [-0.15, -0.1) is 0 Å². The molecule has 3 aromatic rings. The fraction of sp³-hybridized carbons (Fsp3) is 0.350. The van der Waals surface area contributed by atoms with Crippen LogP contribution < -0.4 is 5.56 Å². The molecule has 0 aliphatic heterocycles. The van der Waals surface area contributed by atoms with Crippen LogP contribution in [0.5, 0.6) is 0 Å². The molecule has 0 unspecified atom stereocenters. The van der Waals surface area contributed by atoms with Gasteiger partial charge in [-0.2, -0.15) is 0 Å². The average Bonchev–Trinajstić information content (AvgIpc) is 2.66. The molecule has 0 saturated carbocycles. The number of fused-ring (bicyclic) bond motifs is 2. The molecule has 4 rings (SSSR count). The second-order valence-electron chi connectivity index (χ2n) is 6.53. The molecular formula is C20H20BrN3OS. The first-order valence-electron chi connectivity index (χ1n) is 8.96. The van der Waals surface area contributed by atoms with Gasteiger partial charge in [0.05, 0.1) is 5.39 Å². The predicted molar refractivity (Wildman–Crippen MR) is 110 cm³/mol. The van der Waals surface area contributed by atoms with Crippen molar-refractivity contribution in [2.45, 2.75) is 50.1 Å². The minimum atomic E-state index is 0.0247. The topological polar surface area (TPSA) is 47.8 Å². The summed E-state index contributed by atoms with van der Waals surface area (Å²) in [5.74, 6) is 0.774. The van der Waals surface area contributed by atoms with E-state index in [1.807, 2.05) is 25.1 Å². The summed E-state index contributed by atoms with van der Waals surface area (Å²) in [6.07, 6.45) is 4.36. The van der Waals surface area contributed by atoms with E-state index in [1.165, 1.54) is 24.0 Å². The second kappa shape index (κ2) is 7.53. The molecule has 1 aliphatic carbocycles. The fourth-order valence-electron chi connectivity index (χ4n) is 3.37. The zero-order valence-corrected chi connectivity index (χ0v) is 17.1. The van der Waals surface area contributed by atoms with Crippen LogP contribution >= 0.6 is 27.7 Å². The van der Waals surface area contributed by atoms with Gasteiger partial charge in [0.25, 0.3) is 5.56 Å². The van der Waals surface area contributed by atoms with E-state index in [0.29, 0.717) is 17.6 Å². The Kier molecular flexibility index (Phi) is 5.14. The largest absolute Gasteiger partial charge is 0.287 e. The Morgan fingerprint density at radius 2 is 1.92 bits per heavy atom. The minimum absolute atomic E-state index is 0.0247. The number of pyridine rings is 1. The summed E-state index contributed by atoms with van der Waals surface area (Å²) < 4.78 is 2.83. The molecule has 4 nitrogen and oxygen atoms in total. The third-order valence-electron chi connectivity index (χ3n) is 4.79. The lowest BCUT2D eigenvalue weighted by atomic mass is 9.95. The molecule has 0 spiro atoms. The van der Waals surface area contributed by atoms with Crippen molar-refractivity contribution in [3.05, 3.63) is 62.0 Å². The molecule has 1 aromatic carbocycles. The SMILES string of the molecule is CCn1c(SCc2ccc(Br)cc2)nc2nc3c(cc2c1=O)CCCC3. The molecule has 0 fully saturated rings. The van der Waals surface area contributed by atoms with Crippen LogP contribution in [0, 0.1) is 0 Å². The molecule has 0 N–H and O–H groups in total. The number of hydrogen-bond acceptors (Lipinski definition) is 4. The maximum absolute atomic E-state index is 13.0. The summed E-state index contributed by atoms with van der Waals surface area (Å²) in [5.41, 5.74) is 4.17. The van der Waals surface area contributed by atoms with E-state index in [1.54, 1.807) is 16.3 Å². The van der Waals surface area contributed by atoms with Crippen LogP contribution in [0.1, 0.15) is 36.6 Å². The molecule has 26 heavy (non-hydrogen) atoms. The molecule has 2 aromatic heterocycles. The summed E-state index contributed by atoms with van der Waals surface area (Å²) in [6.45, 7) is 2.60. The number of rotatable bonds is 4. The second-order valence-corrected chi connectivity index (χ2v) is 8.39. The van der Waals surface area contributed by atoms with Crippen molar-refractivity contribution < 1.29 is 0 Å². The maximum Gasteiger partial charge on any atom is 0.263 e. The Morgan fingerprint density at radius 1 is 1.15 bits per heavy atom. The highest BCUT2D eigenvalue weighted by molar-refractivity contribution is 9.10. The van der Waals surface area contributed by atoms with E-state index >= 15 is 0 Å². The first-order valence-corrected chi connectivity index (χ1v) is 10.7. The lowest BCUT2D eigenvalue weighted by Crippen LogP contribution is -2.23. The molecule has 2 heterocycles. The number of aromatic nitrogens is 3. The highest BCUT2D eigenvalue weighted by atomic mass is 79.9. The number of nitrogens with zero attached hydrogens (tertiary/aromatic N) is 3. The Balaban J connectivity index is 1.73. The van der Waals surface area contributed by atoms with Crippen molar-refractivity contribution in [1.82, 2.24) is 14.5 Å². The standard InChI is InChI=1S/C20H20BrN3OS/c1-2-24-19(25)16-11-14-5-3-4-6-17(14)22-18(16)23-20(24)26-12-13-7-9-15(21)10-8-13/h7-11H,2-6,12H2,1H3. The zero-order valence-electron chi connectivity index (χ0n) is 14.7. The molecule has 0 amide bonds. The van der Waals surface area contributed by atoms with Gasteiger partial charge in [-0.25, -0.2) is 9.97 Å². The van der Waals surface area contributed by atoms with Gasteiger partial charge in [0.1, 0.15) is 0 Å². The monoisotopic (exact) mass is 429 g/mol. The van der Waals surface area contributed by atoms with Crippen molar-refractivity contribution in [3.63, 3.8) is 0 Å². The number of hydrogen-bond donors (Lipinski definition) is 0. The lowest BCUT2D eigenvalue weighted by Gasteiger charge is -2.16. The van der Waals surface area contributed by atoms with Crippen molar-refractivity contribution >= 4 is 38.7 Å². The van der Waals surface area contributed by atoms with E-state index in [2.05, 4.69) is 28.1 Å². The maximum atomic E-state index is 13.0. The molecule has 134 valence electrons. The summed E-state index contributed by atoms with van der Waals surface area (Å²) in [7, 11) is 0. The minimum Gasteiger partial charge on any atom is -0.287 e. The molecule has 0 bridgehead atoms. The molecule has 6 heteroatoms. The number of benzene rings is 1. The summed E-state index contributed by atoms with van der Waals surface area (Å²) in [6, 6.07) is 10.3. The van der Waals surface area contributed by atoms with Gasteiger partial charge >= 0.3 is 0 Å². The Bertz CT molecular complexity index is 1010. The van der Waals surface area contributed by atoms with E-state index in [4.69, 9.17) is 9.97 Å². The third kappa shape index (κ3) is 3.45. The molecule has 0 atom stereocenters. The smallest absolute Gasteiger partial charge is 0.263 e. The van der Waals surface area contributed by atoms with Crippen molar-refractivity contribution in [1.29, 1.82) is 0 Å². The Hall–Kier alpha value is -1.66. The van der Waals surface area contributed by atoms with Crippen molar-refractivity contribution in [3.8, 4) is 0 Å². The normalized spacial score (nSPS) is 13.8. The number of aryl methyl sites for hydroxylation is 2. The molecule has 0 saturated heterocycles. The van der Waals surface area contributed by atoms with Gasteiger partial charge in [0.2, 0.25) is 0 Å². The quantitative estimate of drug-likeness (QED) is 0.443. The van der Waals surface area contributed by atoms with Gasteiger partial charge in [-0.05, 0) is 61.9 Å². The highest BCUT2D eigenvalue weighted by Crippen LogP contribution is 2.25. The third-order valence-corrected chi connectivity index (χ3v) is 6.36. The van der Waals surface area contributed by atoms with Crippen LogP contribution in [-0.2, 0) is 25.1 Å². The van der Waals surface area contributed by atoms with E-state index < -0.39 is 0 Å². The van der Waals surface area contributed by atoms with Gasteiger partial charge in [0.15, 0.2) is 10.8 Å². The summed E-state index contributed by atoms with van der Waals surface area (Å²) in [4.78, 5) is 22.5. The van der Waals surface area contributed by atoms with Gasteiger partial charge in [0, 0.05) is 22.5 Å². The van der Waals surface area contributed by atoms with Crippen LogP contribution in [0.2, 0.25) is 0 Å². The van der Waals surface area contributed by atoms with Gasteiger partial charge in [-0.1, -0.05) is 39.8 Å². The zero-order chi connectivity index (χ0) is 18.1. The van der Waals surface area contributed by atoms with Gasteiger partial charge < -0.3 is 0 Å². The van der Waals surface area contributed by atoms with Crippen molar-refractivity contribution in [2.75, 3.05) is 0 Å². The Morgan fingerprint density at radius 3 is 2.69 bits per heavy atom. The first-order chi connectivity index (χ1) is 12.7. The molecule has 1 aliphatic rings. The van der Waals surface area contributed by atoms with Crippen LogP contribution in [0.15, 0.2) is 44.8 Å². The average molecular weight is 430 g/mol. The molecule has 0 radical (unpaired) electrons.